The van der Waals surface area contributed by atoms with E-state index in [1.165, 1.54) is 16.7 Å². The van der Waals surface area contributed by atoms with Crippen molar-refractivity contribution >= 4 is 28.5 Å². The maximum Gasteiger partial charge on any atom is 0.416 e. The monoisotopic (exact) mass is 353 g/mol. The molecule has 0 fully saturated rings. The number of aromatic nitrogens is 1. The van der Waals surface area contributed by atoms with Gasteiger partial charge in [0.15, 0.2) is 0 Å². The Bertz CT molecular complexity index is 931. The van der Waals surface area contributed by atoms with Crippen LogP contribution in [-0.4, -0.2) is 15.6 Å². The highest BCUT2D eigenvalue weighted by atomic mass is 35.5. The van der Waals surface area contributed by atoms with Gasteiger partial charge in [0, 0.05) is 11.9 Å². The smallest absolute Gasteiger partial charge is 0.416 e. The zero-order valence-electron chi connectivity index (χ0n) is 12.1. The zero-order valence-corrected chi connectivity index (χ0v) is 12.9. The van der Waals surface area contributed by atoms with Crippen LogP contribution in [0.3, 0.4) is 0 Å². The highest BCUT2D eigenvalue weighted by molar-refractivity contribution is 6.38. The van der Waals surface area contributed by atoms with Crippen LogP contribution in [0.2, 0.25) is 5.02 Å². The van der Waals surface area contributed by atoms with Crippen molar-refractivity contribution in [3.8, 4) is 0 Å². The Labute approximate surface area is 139 Å². The van der Waals surface area contributed by atoms with Crippen molar-refractivity contribution in [2.24, 2.45) is 0 Å². The molecule has 0 atom stereocenters. The second kappa shape index (κ2) is 5.87. The van der Waals surface area contributed by atoms with Gasteiger partial charge in [-0.1, -0.05) is 41.9 Å². The van der Waals surface area contributed by atoms with Crippen LogP contribution < -0.4 is 0 Å². The minimum Gasteiger partial charge on any atom is -0.477 e. The number of carboxylic acid groups (broad SMARTS) is 1. The molecule has 0 saturated carbocycles. The second-order valence-electron chi connectivity index (χ2n) is 5.27. The van der Waals surface area contributed by atoms with Crippen LogP contribution >= 0.6 is 11.6 Å². The molecule has 0 aliphatic heterocycles. The van der Waals surface area contributed by atoms with Gasteiger partial charge in [-0.3, -0.25) is 0 Å². The molecule has 3 nitrogen and oxygen atoms in total. The van der Waals surface area contributed by atoms with E-state index in [0.29, 0.717) is 16.5 Å². The van der Waals surface area contributed by atoms with Crippen LogP contribution in [0.1, 0.15) is 21.6 Å². The molecular weight excluding hydrogens is 343 g/mol. The summed E-state index contributed by atoms with van der Waals surface area (Å²) in [5.74, 6) is -1.23. The zero-order chi connectivity index (χ0) is 17.5. The lowest BCUT2D eigenvalue weighted by Gasteiger charge is -2.11. The normalized spacial score (nSPS) is 11.8. The highest BCUT2D eigenvalue weighted by Crippen LogP contribution is 2.33. The van der Waals surface area contributed by atoms with Crippen LogP contribution in [0.15, 0.2) is 48.5 Å². The molecule has 0 aliphatic rings. The Hall–Kier alpha value is -2.47. The third-order valence-corrected chi connectivity index (χ3v) is 4.09. The molecule has 0 spiro atoms. The van der Waals surface area contributed by atoms with Gasteiger partial charge in [-0.2, -0.15) is 13.2 Å². The standard InChI is InChI=1S/C17H11ClF3NO2/c18-14-12-6-1-2-7-13(12)22(15(14)16(23)24)9-10-4-3-5-11(8-10)17(19,20)21/h1-8H,9H2,(H,23,24). The molecule has 0 amide bonds. The lowest BCUT2D eigenvalue weighted by molar-refractivity contribution is -0.137. The van der Waals surface area contributed by atoms with Crippen molar-refractivity contribution in [3.05, 3.63) is 70.4 Å². The quantitative estimate of drug-likeness (QED) is 0.715. The van der Waals surface area contributed by atoms with E-state index in [4.69, 9.17) is 11.6 Å². The molecule has 2 aromatic carbocycles. The van der Waals surface area contributed by atoms with Crippen molar-refractivity contribution in [2.45, 2.75) is 12.7 Å². The number of fused-ring (bicyclic) bond motifs is 1. The number of nitrogens with zero attached hydrogens (tertiary/aromatic N) is 1. The average molecular weight is 354 g/mol. The summed E-state index contributed by atoms with van der Waals surface area (Å²) in [5, 5.41) is 10.0. The summed E-state index contributed by atoms with van der Waals surface area (Å²) in [6.45, 7) is -0.0290. The third kappa shape index (κ3) is 2.85. The summed E-state index contributed by atoms with van der Waals surface area (Å²) in [7, 11) is 0. The fraction of sp³-hybridized carbons (Fsp3) is 0.118. The van der Waals surface area contributed by atoms with E-state index in [9.17, 15) is 23.1 Å². The number of rotatable bonds is 3. The highest BCUT2D eigenvalue weighted by Gasteiger charge is 2.30. The Balaban J connectivity index is 2.14. The molecule has 3 rings (SSSR count). The third-order valence-electron chi connectivity index (χ3n) is 3.71. The van der Waals surface area contributed by atoms with Crippen molar-refractivity contribution in [2.75, 3.05) is 0 Å². The Morgan fingerprint density at radius 3 is 2.50 bits per heavy atom. The van der Waals surface area contributed by atoms with E-state index in [-0.39, 0.29) is 17.3 Å². The van der Waals surface area contributed by atoms with Gasteiger partial charge < -0.3 is 9.67 Å². The summed E-state index contributed by atoms with van der Waals surface area (Å²) in [5.41, 5.74) is -0.0308. The topological polar surface area (TPSA) is 42.2 Å². The number of carbonyl (C=O) groups is 1. The molecule has 24 heavy (non-hydrogen) atoms. The second-order valence-corrected chi connectivity index (χ2v) is 5.65. The number of alkyl halides is 3. The molecule has 0 radical (unpaired) electrons. The molecule has 0 aliphatic carbocycles. The lowest BCUT2D eigenvalue weighted by atomic mass is 10.1. The van der Waals surface area contributed by atoms with Gasteiger partial charge in [0.25, 0.3) is 0 Å². The van der Waals surface area contributed by atoms with Crippen LogP contribution in [0.5, 0.6) is 0 Å². The predicted molar refractivity (Wildman–Crippen MR) is 84.5 cm³/mol. The fourth-order valence-electron chi connectivity index (χ4n) is 2.66. The number of aromatic carboxylic acids is 1. The molecule has 7 heteroatoms. The van der Waals surface area contributed by atoms with E-state index >= 15 is 0 Å². The molecule has 1 aromatic heterocycles. The molecular formula is C17H11ClF3NO2. The van der Waals surface area contributed by atoms with E-state index in [1.807, 2.05) is 0 Å². The molecule has 1 N–H and O–H groups in total. The van der Waals surface area contributed by atoms with E-state index in [2.05, 4.69) is 0 Å². The molecule has 1 heterocycles. The van der Waals surface area contributed by atoms with Crippen LogP contribution in [0.4, 0.5) is 13.2 Å². The number of carboxylic acids is 1. The van der Waals surface area contributed by atoms with Crippen molar-refractivity contribution in [3.63, 3.8) is 0 Å². The predicted octanol–water partition coefficient (Wildman–Crippen LogP) is 5.06. The van der Waals surface area contributed by atoms with Gasteiger partial charge in [-0.05, 0) is 23.8 Å². The maximum atomic E-state index is 12.8. The first-order valence-electron chi connectivity index (χ1n) is 6.95. The van der Waals surface area contributed by atoms with Gasteiger partial charge in [-0.15, -0.1) is 0 Å². The number of para-hydroxylation sites is 1. The van der Waals surface area contributed by atoms with Crippen LogP contribution in [0.25, 0.3) is 10.9 Å². The number of hydrogen-bond acceptors (Lipinski definition) is 1. The molecule has 0 bridgehead atoms. The summed E-state index contributed by atoms with van der Waals surface area (Å²) in [4.78, 5) is 11.5. The number of hydrogen-bond donors (Lipinski definition) is 1. The fourth-order valence-corrected chi connectivity index (χ4v) is 3.01. The molecule has 0 saturated heterocycles. The number of benzene rings is 2. The molecule has 3 aromatic rings. The summed E-state index contributed by atoms with van der Waals surface area (Å²) in [6.07, 6.45) is -4.46. The van der Waals surface area contributed by atoms with Crippen LogP contribution in [0, 0.1) is 0 Å². The first kappa shape index (κ1) is 16.4. The summed E-state index contributed by atoms with van der Waals surface area (Å²) in [6, 6.07) is 11.6. The van der Waals surface area contributed by atoms with Crippen molar-refractivity contribution < 1.29 is 23.1 Å². The summed E-state index contributed by atoms with van der Waals surface area (Å²) >= 11 is 6.15. The Kier molecular flexibility index (Phi) is 4.01. The minimum absolute atomic E-state index is 0.0290. The first-order chi connectivity index (χ1) is 11.3. The Morgan fingerprint density at radius 2 is 1.83 bits per heavy atom. The van der Waals surface area contributed by atoms with E-state index in [0.717, 1.165) is 12.1 Å². The van der Waals surface area contributed by atoms with Gasteiger partial charge in [-0.25, -0.2) is 4.79 Å². The molecule has 124 valence electrons. The van der Waals surface area contributed by atoms with Crippen molar-refractivity contribution in [1.29, 1.82) is 0 Å². The van der Waals surface area contributed by atoms with Crippen LogP contribution in [-0.2, 0) is 12.7 Å². The first-order valence-corrected chi connectivity index (χ1v) is 7.33. The SMILES string of the molecule is O=C(O)c1c(Cl)c2ccccc2n1Cc1cccc(C(F)(F)F)c1. The maximum absolute atomic E-state index is 12.8. The average Bonchev–Trinajstić information content (AvgIpc) is 2.80. The van der Waals surface area contributed by atoms with Gasteiger partial charge >= 0.3 is 12.1 Å². The van der Waals surface area contributed by atoms with Crippen molar-refractivity contribution in [1.82, 2.24) is 4.57 Å². The number of halogens is 4. The Morgan fingerprint density at radius 1 is 1.12 bits per heavy atom. The molecule has 0 unspecified atom stereocenters. The van der Waals surface area contributed by atoms with E-state index in [1.54, 1.807) is 24.3 Å². The minimum atomic E-state index is -4.46. The van der Waals surface area contributed by atoms with Gasteiger partial charge in [0.05, 0.1) is 16.1 Å². The summed E-state index contributed by atoms with van der Waals surface area (Å²) < 4.78 is 40.0. The lowest BCUT2D eigenvalue weighted by Crippen LogP contribution is -2.11. The van der Waals surface area contributed by atoms with Gasteiger partial charge in [0.1, 0.15) is 5.69 Å². The van der Waals surface area contributed by atoms with Gasteiger partial charge in [0.2, 0.25) is 0 Å². The largest absolute Gasteiger partial charge is 0.477 e. The van der Waals surface area contributed by atoms with E-state index < -0.39 is 17.7 Å².